The van der Waals surface area contributed by atoms with E-state index in [1.54, 1.807) is 0 Å². The Balaban J connectivity index is 2.23. The molecule has 2 aromatic rings. The first-order chi connectivity index (χ1) is 12.2. The van der Waals surface area contributed by atoms with Gasteiger partial charge in [0.15, 0.2) is 28.7 Å². The molecule has 1 amide bonds. The number of carbonyl (C=O) groups excluding carboxylic acids is 2. The van der Waals surface area contributed by atoms with Gasteiger partial charge in [0.1, 0.15) is 6.04 Å². The number of phenols is 5. The van der Waals surface area contributed by atoms with Crippen LogP contribution in [0.1, 0.15) is 15.9 Å². The fraction of sp³-hybridized carbons (Fsp3) is 0.176. The number of rotatable bonds is 5. The number of benzene rings is 2. The number of nitrogens with one attached hydrogen (secondary N) is 1. The van der Waals surface area contributed by atoms with Crippen molar-refractivity contribution < 1.29 is 39.9 Å². The maximum Gasteiger partial charge on any atom is 0.328 e. The number of hydrogen-bond donors (Lipinski definition) is 6. The second-order valence-electron chi connectivity index (χ2n) is 5.44. The summed E-state index contributed by atoms with van der Waals surface area (Å²) in [6.07, 6.45) is -0.0533. The fourth-order valence-corrected chi connectivity index (χ4v) is 2.24. The van der Waals surface area contributed by atoms with Crippen molar-refractivity contribution in [2.24, 2.45) is 0 Å². The summed E-state index contributed by atoms with van der Waals surface area (Å²) in [5.74, 6) is -4.47. The Bertz CT molecular complexity index is 826. The van der Waals surface area contributed by atoms with E-state index in [4.69, 9.17) is 0 Å². The van der Waals surface area contributed by atoms with E-state index in [1.807, 2.05) is 0 Å². The van der Waals surface area contributed by atoms with E-state index >= 15 is 0 Å². The van der Waals surface area contributed by atoms with Crippen LogP contribution in [0.5, 0.6) is 28.7 Å². The third-order valence-corrected chi connectivity index (χ3v) is 3.60. The largest absolute Gasteiger partial charge is 0.504 e. The Morgan fingerprint density at radius 2 is 1.58 bits per heavy atom. The summed E-state index contributed by atoms with van der Waals surface area (Å²) in [5.41, 5.74) is 0.243. The SMILES string of the molecule is COC(=O)[C@H](Cc1ccc(O)c(O)c1)NC(=O)c1cc(O)c(O)c(O)c1. The summed E-state index contributed by atoms with van der Waals surface area (Å²) < 4.78 is 4.64. The second kappa shape index (κ2) is 7.51. The Kier molecular flexibility index (Phi) is 5.41. The van der Waals surface area contributed by atoms with E-state index in [-0.39, 0.29) is 23.5 Å². The quantitative estimate of drug-likeness (QED) is 0.335. The van der Waals surface area contributed by atoms with Gasteiger partial charge >= 0.3 is 5.97 Å². The van der Waals surface area contributed by atoms with Crippen LogP contribution >= 0.6 is 0 Å². The van der Waals surface area contributed by atoms with Crippen LogP contribution in [-0.2, 0) is 16.0 Å². The average Bonchev–Trinajstić information content (AvgIpc) is 2.60. The lowest BCUT2D eigenvalue weighted by molar-refractivity contribution is -0.142. The summed E-state index contributed by atoms with van der Waals surface area (Å²) >= 11 is 0. The van der Waals surface area contributed by atoms with Gasteiger partial charge in [0.05, 0.1) is 7.11 Å². The van der Waals surface area contributed by atoms with Crippen LogP contribution in [0.25, 0.3) is 0 Å². The molecule has 1 atom stereocenters. The molecule has 0 aromatic heterocycles. The molecule has 0 aliphatic carbocycles. The molecule has 26 heavy (non-hydrogen) atoms. The van der Waals surface area contributed by atoms with Crippen LogP contribution < -0.4 is 5.32 Å². The zero-order valence-corrected chi connectivity index (χ0v) is 13.6. The molecule has 2 aromatic carbocycles. The van der Waals surface area contributed by atoms with Crippen LogP contribution in [0.2, 0.25) is 0 Å². The molecule has 0 aliphatic heterocycles. The lowest BCUT2D eigenvalue weighted by atomic mass is 10.0. The summed E-state index contributed by atoms with van der Waals surface area (Å²) in [4.78, 5) is 24.2. The smallest absolute Gasteiger partial charge is 0.328 e. The summed E-state index contributed by atoms with van der Waals surface area (Å²) in [5, 5.41) is 49.5. The maximum atomic E-state index is 12.3. The van der Waals surface area contributed by atoms with Crippen molar-refractivity contribution in [3.8, 4) is 28.7 Å². The molecule has 2 rings (SSSR count). The molecule has 0 aliphatic rings. The van der Waals surface area contributed by atoms with Crippen molar-refractivity contribution in [2.75, 3.05) is 7.11 Å². The molecular weight excluding hydrogens is 346 g/mol. The van der Waals surface area contributed by atoms with Crippen LogP contribution in [-0.4, -0.2) is 50.6 Å². The third-order valence-electron chi connectivity index (χ3n) is 3.60. The highest BCUT2D eigenvalue weighted by Gasteiger charge is 2.24. The summed E-state index contributed by atoms with van der Waals surface area (Å²) in [7, 11) is 1.13. The van der Waals surface area contributed by atoms with E-state index in [0.29, 0.717) is 5.56 Å². The van der Waals surface area contributed by atoms with E-state index in [2.05, 4.69) is 10.1 Å². The van der Waals surface area contributed by atoms with Gasteiger partial charge in [0.2, 0.25) is 0 Å². The molecule has 0 radical (unpaired) electrons. The molecule has 0 bridgehead atoms. The van der Waals surface area contributed by atoms with Crippen LogP contribution in [0.3, 0.4) is 0 Å². The average molecular weight is 363 g/mol. The van der Waals surface area contributed by atoms with Crippen LogP contribution in [0, 0.1) is 0 Å². The zero-order valence-electron chi connectivity index (χ0n) is 13.6. The first-order valence-electron chi connectivity index (χ1n) is 7.37. The second-order valence-corrected chi connectivity index (χ2v) is 5.44. The first-order valence-corrected chi connectivity index (χ1v) is 7.37. The maximum absolute atomic E-state index is 12.3. The number of ether oxygens (including phenoxy) is 1. The molecular formula is C17H17NO8. The van der Waals surface area contributed by atoms with E-state index < -0.39 is 35.2 Å². The van der Waals surface area contributed by atoms with E-state index in [9.17, 15) is 35.1 Å². The lowest BCUT2D eigenvalue weighted by Gasteiger charge is -2.17. The molecule has 0 saturated carbocycles. The highest BCUT2D eigenvalue weighted by molar-refractivity contribution is 5.98. The molecule has 0 fully saturated rings. The molecule has 138 valence electrons. The van der Waals surface area contributed by atoms with Crippen molar-refractivity contribution in [3.05, 3.63) is 41.5 Å². The Morgan fingerprint density at radius 1 is 0.962 bits per heavy atom. The predicted octanol–water partition coefficient (Wildman–Crippen LogP) is 0.729. The van der Waals surface area contributed by atoms with Crippen molar-refractivity contribution in [2.45, 2.75) is 12.5 Å². The standard InChI is InChI=1S/C17H17NO8/c1-26-17(25)10(4-8-2-3-11(19)12(20)5-8)18-16(24)9-6-13(21)15(23)14(22)7-9/h2-3,5-7,10,19-23H,4H2,1H3,(H,18,24)/t10-/m0/s1. The number of phenolic OH excluding ortho intramolecular Hbond substituents is 5. The minimum absolute atomic E-state index is 0.0533. The van der Waals surface area contributed by atoms with Gasteiger partial charge in [-0.2, -0.15) is 0 Å². The van der Waals surface area contributed by atoms with Gasteiger partial charge in [-0.25, -0.2) is 4.79 Å². The topological polar surface area (TPSA) is 157 Å². The van der Waals surface area contributed by atoms with Gasteiger partial charge in [0, 0.05) is 12.0 Å². The minimum atomic E-state index is -1.14. The Labute approximate surface area is 147 Å². The molecule has 6 N–H and O–H groups in total. The number of aromatic hydroxyl groups is 5. The van der Waals surface area contributed by atoms with Crippen molar-refractivity contribution >= 4 is 11.9 Å². The zero-order chi connectivity index (χ0) is 19.4. The van der Waals surface area contributed by atoms with Gasteiger partial charge in [-0.15, -0.1) is 0 Å². The summed E-state index contributed by atoms with van der Waals surface area (Å²) in [6.45, 7) is 0. The number of methoxy groups -OCH3 is 1. The fourth-order valence-electron chi connectivity index (χ4n) is 2.24. The number of hydrogen-bond acceptors (Lipinski definition) is 8. The van der Waals surface area contributed by atoms with Crippen LogP contribution in [0.4, 0.5) is 0 Å². The monoisotopic (exact) mass is 363 g/mol. The van der Waals surface area contributed by atoms with Gasteiger partial charge in [0.25, 0.3) is 5.91 Å². The molecule has 0 saturated heterocycles. The highest BCUT2D eigenvalue weighted by atomic mass is 16.5. The normalized spacial score (nSPS) is 11.6. The molecule has 0 spiro atoms. The molecule has 9 heteroatoms. The number of carbonyl (C=O) groups is 2. The van der Waals surface area contributed by atoms with Gasteiger partial charge in [-0.1, -0.05) is 6.07 Å². The predicted molar refractivity (Wildman–Crippen MR) is 88.2 cm³/mol. The van der Waals surface area contributed by atoms with Crippen molar-refractivity contribution in [3.63, 3.8) is 0 Å². The van der Waals surface area contributed by atoms with E-state index in [0.717, 1.165) is 19.2 Å². The third kappa shape index (κ3) is 4.07. The van der Waals surface area contributed by atoms with Crippen LogP contribution in [0.15, 0.2) is 30.3 Å². The number of esters is 1. The van der Waals surface area contributed by atoms with Gasteiger partial charge in [-0.3, -0.25) is 4.79 Å². The van der Waals surface area contributed by atoms with E-state index in [1.165, 1.54) is 18.2 Å². The molecule has 0 unspecified atom stereocenters. The lowest BCUT2D eigenvalue weighted by Crippen LogP contribution is -2.43. The Morgan fingerprint density at radius 3 is 2.12 bits per heavy atom. The van der Waals surface area contributed by atoms with Crippen molar-refractivity contribution in [1.82, 2.24) is 5.32 Å². The van der Waals surface area contributed by atoms with Gasteiger partial charge in [-0.05, 0) is 29.8 Å². The molecule has 0 heterocycles. The minimum Gasteiger partial charge on any atom is -0.504 e. The summed E-state index contributed by atoms with van der Waals surface area (Å²) in [6, 6.07) is 4.62. The van der Waals surface area contributed by atoms with Crippen molar-refractivity contribution in [1.29, 1.82) is 0 Å². The molecule has 9 nitrogen and oxygen atoms in total. The van der Waals surface area contributed by atoms with Gasteiger partial charge < -0.3 is 35.6 Å². The first kappa shape index (κ1) is 18.7. The Hall–Kier alpha value is -3.62. The number of amides is 1. The highest BCUT2D eigenvalue weighted by Crippen LogP contribution is 2.35.